The van der Waals surface area contributed by atoms with Crippen molar-refractivity contribution < 1.29 is 14.7 Å². The zero-order valence-corrected chi connectivity index (χ0v) is 14.7. The monoisotopic (exact) mass is 302 g/mol. The Labute approximate surface area is 142 Å². The van der Waals surface area contributed by atoms with Crippen LogP contribution in [0.25, 0.3) is 0 Å². The number of carbonyl (C=O) groups is 2. The average molecular weight is 302 g/mol. The fourth-order valence-corrected chi connectivity index (χ4v) is 2.18. The number of hydrogen-bond donors (Lipinski definition) is 4. The first-order chi connectivity index (χ1) is 8.06. The predicted octanol–water partition coefficient (Wildman–Crippen LogP) is 1.38. The molecule has 0 aromatic carbocycles. The third-order valence-corrected chi connectivity index (χ3v) is 3.09. The van der Waals surface area contributed by atoms with Gasteiger partial charge in [0.05, 0.1) is 6.42 Å². The number of thiol groups is 2. The maximum Gasteiger partial charge on any atom is 0.305 e. The molecule has 0 fully saturated rings. The zero-order chi connectivity index (χ0) is 13.1. The molecule has 0 saturated heterocycles. The summed E-state index contributed by atoms with van der Waals surface area (Å²) in [6, 6.07) is 0. The summed E-state index contributed by atoms with van der Waals surface area (Å²) in [5.74, 6) is -0.129. The van der Waals surface area contributed by atoms with E-state index in [1.54, 1.807) is 0 Å². The average Bonchev–Trinajstić information content (AvgIpc) is 2.24. The molecule has 1 radical (unpaired) electrons. The molecule has 0 aliphatic carbocycles. The van der Waals surface area contributed by atoms with Crippen LogP contribution in [0.5, 0.6) is 0 Å². The van der Waals surface area contributed by atoms with Gasteiger partial charge in [-0.05, 0) is 25.0 Å². The molecule has 0 aliphatic heterocycles. The SMILES string of the molecule is O=C(O)CCNC(=O)CCCCC(S)CCS.[Na]. The molecular formula is C11H21NNaO3S2. The second-order valence-electron chi connectivity index (χ2n) is 3.91. The van der Waals surface area contributed by atoms with Crippen LogP contribution in [0.15, 0.2) is 0 Å². The third-order valence-electron chi connectivity index (χ3n) is 2.31. The molecule has 1 atom stereocenters. The van der Waals surface area contributed by atoms with Crippen LogP contribution in [0, 0.1) is 0 Å². The van der Waals surface area contributed by atoms with Gasteiger partial charge in [-0.1, -0.05) is 6.42 Å². The molecule has 0 spiro atoms. The predicted molar refractivity (Wildman–Crippen MR) is 80.7 cm³/mol. The first kappa shape index (κ1) is 20.9. The van der Waals surface area contributed by atoms with Gasteiger partial charge in [0, 0.05) is 47.8 Å². The molecule has 2 N–H and O–H groups in total. The molecular weight excluding hydrogens is 281 g/mol. The van der Waals surface area contributed by atoms with Crippen molar-refractivity contribution >= 4 is 66.7 Å². The molecule has 1 unspecified atom stereocenters. The molecule has 0 aromatic rings. The second-order valence-corrected chi connectivity index (χ2v) is 5.08. The Morgan fingerprint density at radius 1 is 1.17 bits per heavy atom. The van der Waals surface area contributed by atoms with Crippen molar-refractivity contribution in [3.05, 3.63) is 0 Å². The number of aliphatic carboxylic acids is 1. The smallest absolute Gasteiger partial charge is 0.305 e. The molecule has 101 valence electrons. The number of carbonyl (C=O) groups excluding carboxylic acids is 1. The number of amides is 1. The van der Waals surface area contributed by atoms with Crippen molar-refractivity contribution in [3.63, 3.8) is 0 Å². The standard InChI is InChI=1S/C11H21NO3S2.Na/c13-10(12-7-5-11(14)15)4-2-1-3-9(17)6-8-16;/h9,16-17H,1-8H2,(H,12,13)(H,14,15);. The normalized spacial score (nSPS) is 11.4. The van der Waals surface area contributed by atoms with E-state index in [9.17, 15) is 9.59 Å². The fourth-order valence-electron chi connectivity index (χ4n) is 1.36. The van der Waals surface area contributed by atoms with E-state index in [1.807, 2.05) is 0 Å². The van der Waals surface area contributed by atoms with Gasteiger partial charge in [0.25, 0.3) is 0 Å². The second kappa shape index (κ2) is 14.1. The van der Waals surface area contributed by atoms with Gasteiger partial charge in [-0.2, -0.15) is 25.3 Å². The number of carboxylic acids is 1. The first-order valence-corrected chi connectivity index (χ1v) is 6.98. The molecule has 0 rings (SSSR count). The zero-order valence-electron chi connectivity index (χ0n) is 10.9. The number of nitrogens with one attached hydrogen (secondary N) is 1. The molecule has 1 amide bonds. The van der Waals surface area contributed by atoms with Crippen LogP contribution in [0.2, 0.25) is 0 Å². The maximum absolute atomic E-state index is 11.3. The van der Waals surface area contributed by atoms with Crippen molar-refractivity contribution in [3.8, 4) is 0 Å². The molecule has 0 heterocycles. The fraction of sp³-hybridized carbons (Fsp3) is 0.818. The number of hydrogen-bond acceptors (Lipinski definition) is 4. The van der Waals surface area contributed by atoms with Crippen molar-refractivity contribution in [2.24, 2.45) is 0 Å². The summed E-state index contributed by atoms with van der Waals surface area (Å²) < 4.78 is 0. The summed E-state index contributed by atoms with van der Waals surface area (Å²) >= 11 is 8.53. The van der Waals surface area contributed by atoms with Gasteiger partial charge in [-0.3, -0.25) is 9.59 Å². The van der Waals surface area contributed by atoms with E-state index in [-0.39, 0.29) is 48.4 Å². The molecule has 0 aromatic heterocycles. The van der Waals surface area contributed by atoms with Gasteiger partial charge >= 0.3 is 5.97 Å². The largest absolute Gasteiger partial charge is 0.481 e. The summed E-state index contributed by atoms with van der Waals surface area (Å²) in [7, 11) is 0. The summed E-state index contributed by atoms with van der Waals surface area (Å²) in [5, 5.41) is 11.3. The van der Waals surface area contributed by atoms with E-state index in [1.165, 1.54) is 0 Å². The number of unbranched alkanes of at least 4 members (excludes halogenated alkanes) is 1. The van der Waals surface area contributed by atoms with E-state index in [0.717, 1.165) is 31.4 Å². The van der Waals surface area contributed by atoms with Crippen LogP contribution >= 0.6 is 25.3 Å². The Bertz CT molecular complexity index is 242. The van der Waals surface area contributed by atoms with E-state index in [4.69, 9.17) is 5.11 Å². The first-order valence-electron chi connectivity index (χ1n) is 5.83. The molecule has 4 nitrogen and oxygen atoms in total. The van der Waals surface area contributed by atoms with Crippen molar-refractivity contribution in [1.29, 1.82) is 0 Å². The van der Waals surface area contributed by atoms with Gasteiger partial charge in [0.2, 0.25) is 5.91 Å². The van der Waals surface area contributed by atoms with Crippen molar-refractivity contribution in [1.82, 2.24) is 5.32 Å². The van der Waals surface area contributed by atoms with Crippen LogP contribution in [0.4, 0.5) is 0 Å². The van der Waals surface area contributed by atoms with E-state index < -0.39 is 5.97 Å². The minimum atomic E-state index is -0.894. The van der Waals surface area contributed by atoms with Gasteiger partial charge in [-0.15, -0.1) is 0 Å². The van der Waals surface area contributed by atoms with Crippen LogP contribution in [-0.2, 0) is 9.59 Å². The van der Waals surface area contributed by atoms with Crippen molar-refractivity contribution in [2.75, 3.05) is 12.3 Å². The Morgan fingerprint density at radius 2 is 1.83 bits per heavy atom. The van der Waals surface area contributed by atoms with Gasteiger partial charge in [0.1, 0.15) is 0 Å². The van der Waals surface area contributed by atoms with Crippen LogP contribution in [0.3, 0.4) is 0 Å². The number of rotatable bonds is 10. The summed E-state index contributed by atoms with van der Waals surface area (Å²) in [6.07, 6.45) is 4.20. The summed E-state index contributed by atoms with van der Waals surface area (Å²) in [4.78, 5) is 21.5. The minimum Gasteiger partial charge on any atom is -0.481 e. The Balaban J connectivity index is 0. The van der Waals surface area contributed by atoms with Gasteiger partial charge in [0.15, 0.2) is 0 Å². The maximum atomic E-state index is 11.3. The Kier molecular flexibility index (Phi) is 16.4. The van der Waals surface area contributed by atoms with Gasteiger partial charge in [-0.25, -0.2) is 0 Å². The molecule has 7 heteroatoms. The molecule has 0 saturated carbocycles. The Hall–Kier alpha value is 0.640. The van der Waals surface area contributed by atoms with E-state index in [2.05, 4.69) is 30.6 Å². The Morgan fingerprint density at radius 3 is 2.39 bits per heavy atom. The van der Waals surface area contributed by atoms with Crippen LogP contribution in [0.1, 0.15) is 38.5 Å². The van der Waals surface area contributed by atoms with Gasteiger partial charge < -0.3 is 10.4 Å². The molecule has 18 heavy (non-hydrogen) atoms. The summed E-state index contributed by atoms with van der Waals surface area (Å²) in [6.45, 7) is 0.211. The van der Waals surface area contributed by atoms with Crippen LogP contribution < -0.4 is 5.32 Å². The van der Waals surface area contributed by atoms with Crippen molar-refractivity contribution in [2.45, 2.75) is 43.8 Å². The van der Waals surface area contributed by atoms with E-state index >= 15 is 0 Å². The molecule has 0 bridgehead atoms. The van der Waals surface area contributed by atoms with E-state index in [0.29, 0.717) is 11.7 Å². The minimum absolute atomic E-state index is 0. The number of carboxylic acid groups (broad SMARTS) is 1. The quantitative estimate of drug-likeness (QED) is 0.280. The third kappa shape index (κ3) is 14.7. The van der Waals surface area contributed by atoms with Crippen LogP contribution in [-0.4, -0.2) is 64.1 Å². The molecule has 0 aliphatic rings. The summed E-state index contributed by atoms with van der Waals surface area (Å²) in [5.41, 5.74) is 0. The topological polar surface area (TPSA) is 66.4 Å².